The van der Waals surface area contributed by atoms with Crippen LogP contribution in [0.5, 0.6) is 0 Å². The minimum atomic E-state index is -0.623. The molecular weight excluding hydrogens is 356 g/mol. The van der Waals surface area contributed by atoms with Crippen LogP contribution < -0.4 is 5.32 Å². The average Bonchev–Trinajstić information content (AvgIpc) is 3.03. The highest BCUT2D eigenvalue weighted by atomic mass is 32.1. The van der Waals surface area contributed by atoms with Gasteiger partial charge in [0.1, 0.15) is 10.6 Å². The van der Waals surface area contributed by atoms with E-state index in [1.165, 1.54) is 40.0 Å². The summed E-state index contributed by atoms with van der Waals surface area (Å²) in [5.41, 5.74) is 1.04. The van der Waals surface area contributed by atoms with Crippen LogP contribution in [0.25, 0.3) is 0 Å². The van der Waals surface area contributed by atoms with E-state index in [1.807, 2.05) is 6.07 Å². The number of nitrogens with zero attached hydrogens (tertiary/aromatic N) is 1. The fraction of sp³-hybridized carbons (Fsp3) is 0.333. The standard InChI is InChI=1S/C18H18N2O5S/c1-11-6-7-15-12(8-11)9-16(26-15)18(22)25-10-17(21)19-13-4-2-3-5-14(13)20(23)24/h2-5,9,11H,6-8,10H2,1H3,(H,19,21)/t11-/m0/s1. The average molecular weight is 374 g/mol. The van der Waals surface area contributed by atoms with Crippen molar-refractivity contribution in [2.45, 2.75) is 26.2 Å². The first-order chi connectivity index (χ1) is 12.4. The Morgan fingerprint density at radius 2 is 2.15 bits per heavy atom. The summed E-state index contributed by atoms with van der Waals surface area (Å²) < 4.78 is 5.06. The third-order valence-electron chi connectivity index (χ3n) is 4.24. The molecule has 8 heteroatoms. The molecule has 1 N–H and O–H groups in total. The van der Waals surface area contributed by atoms with Crippen molar-refractivity contribution in [3.8, 4) is 0 Å². The number of carbonyl (C=O) groups excluding carboxylic acids is 2. The third kappa shape index (κ3) is 4.08. The Morgan fingerprint density at radius 3 is 2.92 bits per heavy atom. The first-order valence-corrected chi connectivity index (χ1v) is 9.07. The van der Waals surface area contributed by atoms with Crippen molar-refractivity contribution < 1.29 is 19.2 Å². The molecule has 0 aliphatic heterocycles. The van der Waals surface area contributed by atoms with Crippen molar-refractivity contribution in [3.63, 3.8) is 0 Å². The van der Waals surface area contributed by atoms with Gasteiger partial charge in [0, 0.05) is 10.9 Å². The Hall–Kier alpha value is -2.74. The van der Waals surface area contributed by atoms with E-state index in [-0.39, 0.29) is 11.4 Å². The fourth-order valence-corrected chi connectivity index (χ4v) is 4.04. The lowest BCUT2D eigenvalue weighted by molar-refractivity contribution is -0.383. The van der Waals surface area contributed by atoms with Crippen molar-refractivity contribution >= 4 is 34.6 Å². The maximum atomic E-state index is 12.2. The molecule has 0 saturated heterocycles. The Labute approximate surface area is 154 Å². The summed E-state index contributed by atoms with van der Waals surface area (Å²) in [7, 11) is 0. The normalized spacial score (nSPS) is 15.8. The number of hydrogen-bond donors (Lipinski definition) is 1. The molecule has 136 valence electrons. The number of nitro benzene ring substituents is 1. The molecule has 26 heavy (non-hydrogen) atoms. The number of rotatable bonds is 5. The largest absolute Gasteiger partial charge is 0.451 e. The van der Waals surface area contributed by atoms with Crippen LogP contribution in [0.1, 0.15) is 33.5 Å². The molecule has 1 aromatic carbocycles. The summed E-state index contributed by atoms with van der Waals surface area (Å²) in [6.07, 6.45) is 3.03. The number of benzene rings is 1. The quantitative estimate of drug-likeness (QED) is 0.490. The molecule has 2 aromatic rings. The number of nitrogens with one attached hydrogen (secondary N) is 1. The SMILES string of the molecule is C[C@H]1CCc2sc(C(=O)OCC(=O)Nc3ccccc3[N+](=O)[O-])cc2C1. The van der Waals surface area contributed by atoms with Crippen LogP contribution in [0.15, 0.2) is 30.3 Å². The number of nitro groups is 1. The van der Waals surface area contributed by atoms with Gasteiger partial charge < -0.3 is 10.1 Å². The number of esters is 1. The number of aryl methyl sites for hydroxylation is 1. The zero-order valence-corrected chi connectivity index (χ0v) is 15.0. The number of hydrogen-bond acceptors (Lipinski definition) is 6. The van der Waals surface area contributed by atoms with Gasteiger partial charge in [-0.2, -0.15) is 0 Å². The number of carbonyl (C=O) groups is 2. The summed E-state index contributed by atoms with van der Waals surface area (Å²) in [4.78, 5) is 36.2. The Balaban J connectivity index is 1.58. The molecule has 1 heterocycles. The van der Waals surface area contributed by atoms with Gasteiger partial charge in [0.05, 0.1) is 4.92 Å². The predicted octanol–water partition coefficient (Wildman–Crippen LogP) is 3.58. The van der Waals surface area contributed by atoms with E-state index in [0.29, 0.717) is 10.8 Å². The van der Waals surface area contributed by atoms with E-state index in [9.17, 15) is 19.7 Å². The van der Waals surface area contributed by atoms with Crippen LogP contribution in [0.4, 0.5) is 11.4 Å². The number of amides is 1. The van der Waals surface area contributed by atoms with E-state index >= 15 is 0 Å². The minimum absolute atomic E-state index is 0.0686. The first-order valence-electron chi connectivity index (χ1n) is 8.26. The molecule has 1 amide bonds. The van der Waals surface area contributed by atoms with Gasteiger partial charge in [-0.05, 0) is 42.9 Å². The fourth-order valence-electron chi connectivity index (χ4n) is 2.93. The maximum absolute atomic E-state index is 12.2. The number of ether oxygens (including phenoxy) is 1. The van der Waals surface area contributed by atoms with E-state index in [0.717, 1.165) is 19.3 Å². The molecule has 1 aliphatic carbocycles. The highest BCUT2D eigenvalue weighted by Crippen LogP contribution is 2.32. The highest BCUT2D eigenvalue weighted by molar-refractivity contribution is 7.14. The van der Waals surface area contributed by atoms with Crippen LogP contribution in [0, 0.1) is 16.0 Å². The summed E-state index contributed by atoms with van der Waals surface area (Å²) in [6, 6.07) is 7.64. The van der Waals surface area contributed by atoms with Crippen molar-refractivity contribution in [1.29, 1.82) is 0 Å². The molecule has 0 bridgehead atoms. The molecule has 0 radical (unpaired) electrons. The van der Waals surface area contributed by atoms with Gasteiger partial charge in [0.2, 0.25) is 0 Å². The highest BCUT2D eigenvalue weighted by Gasteiger charge is 2.22. The minimum Gasteiger partial charge on any atom is -0.451 e. The molecule has 1 aromatic heterocycles. The molecule has 0 fully saturated rings. The first kappa shape index (κ1) is 18.1. The molecule has 1 atom stereocenters. The molecular formula is C18H18N2O5S. The molecule has 3 rings (SSSR count). The lowest BCUT2D eigenvalue weighted by atomic mass is 9.90. The Morgan fingerprint density at radius 1 is 1.38 bits per heavy atom. The van der Waals surface area contributed by atoms with Crippen LogP contribution in [-0.2, 0) is 22.4 Å². The summed E-state index contributed by atoms with van der Waals surface area (Å²) in [5.74, 6) is -0.564. The monoisotopic (exact) mass is 374 g/mol. The van der Waals surface area contributed by atoms with E-state index < -0.39 is 23.4 Å². The van der Waals surface area contributed by atoms with E-state index in [2.05, 4.69) is 12.2 Å². The zero-order chi connectivity index (χ0) is 18.7. The summed E-state index contributed by atoms with van der Waals surface area (Å²) in [6.45, 7) is 1.69. The van der Waals surface area contributed by atoms with Gasteiger partial charge in [-0.25, -0.2) is 4.79 Å². The Kier molecular flexibility index (Phi) is 5.32. The lowest BCUT2D eigenvalue weighted by Crippen LogP contribution is -2.21. The molecule has 0 saturated carbocycles. The van der Waals surface area contributed by atoms with Gasteiger partial charge in [0.15, 0.2) is 6.61 Å². The van der Waals surface area contributed by atoms with Crippen molar-refractivity contribution in [1.82, 2.24) is 0 Å². The van der Waals surface area contributed by atoms with Crippen LogP contribution >= 0.6 is 11.3 Å². The number of thiophene rings is 1. The van der Waals surface area contributed by atoms with Crippen molar-refractivity contribution in [2.24, 2.45) is 5.92 Å². The van der Waals surface area contributed by atoms with Gasteiger partial charge in [-0.1, -0.05) is 19.1 Å². The van der Waals surface area contributed by atoms with Crippen molar-refractivity contribution in [2.75, 3.05) is 11.9 Å². The summed E-state index contributed by atoms with van der Waals surface area (Å²) >= 11 is 1.41. The second-order valence-corrected chi connectivity index (χ2v) is 7.44. The van der Waals surface area contributed by atoms with E-state index in [1.54, 1.807) is 6.07 Å². The molecule has 7 nitrogen and oxygen atoms in total. The van der Waals surface area contributed by atoms with Gasteiger partial charge >= 0.3 is 5.97 Å². The van der Waals surface area contributed by atoms with Gasteiger partial charge in [0.25, 0.3) is 11.6 Å². The molecule has 0 spiro atoms. The van der Waals surface area contributed by atoms with Gasteiger partial charge in [-0.3, -0.25) is 14.9 Å². The number of fused-ring (bicyclic) bond motifs is 1. The lowest BCUT2D eigenvalue weighted by Gasteiger charge is -2.16. The number of para-hydroxylation sites is 2. The molecule has 1 aliphatic rings. The smallest absolute Gasteiger partial charge is 0.348 e. The summed E-state index contributed by atoms with van der Waals surface area (Å²) in [5, 5.41) is 13.3. The maximum Gasteiger partial charge on any atom is 0.348 e. The Bertz CT molecular complexity index is 861. The van der Waals surface area contributed by atoms with Crippen LogP contribution in [0.2, 0.25) is 0 Å². The molecule has 0 unspecified atom stereocenters. The van der Waals surface area contributed by atoms with Gasteiger partial charge in [-0.15, -0.1) is 11.3 Å². The van der Waals surface area contributed by atoms with Crippen molar-refractivity contribution in [3.05, 3.63) is 55.8 Å². The van der Waals surface area contributed by atoms with Crippen LogP contribution in [0.3, 0.4) is 0 Å². The second-order valence-electron chi connectivity index (χ2n) is 6.31. The third-order valence-corrected chi connectivity index (χ3v) is 5.46. The van der Waals surface area contributed by atoms with Crippen LogP contribution in [-0.4, -0.2) is 23.4 Å². The second kappa shape index (κ2) is 7.65. The predicted molar refractivity (Wildman–Crippen MR) is 97.5 cm³/mol. The number of anilines is 1. The van der Waals surface area contributed by atoms with E-state index in [4.69, 9.17) is 4.74 Å². The zero-order valence-electron chi connectivity index (χ0n) is 14.2. The topological polar surface area (TPSA) is 98.5 Å².